The molecule has 0 saturated carbocycles. The van der Waals surface area contributed by atoms with E-state index in [1.807, 2.05) is 43.7 Å². The highest BCUT2D eigenvalue weighted by molar-refractivity contribution is 7.15. The number of nitrogens with zero attached hydrogens (tertiary/aromatic N) is 3. The minimum absolute atomic E-state index is 0.0682. The lowest BCUT2D eigenvalue weighted by atomic mass is 9.91. The van der Waals surface area contributed by atoms with Gasteiger partial charge in [0.15, 0.2) is 10.7 Å². The minimum Gasteiger partial charge on any atom is -0.294 e. The van der Waals surface area contributed by atoms with Crippen molar-refractivity contribution >= 4 is 56.9 Å². The second-order valence-corrected chi connectivity index (χ2v) is 10.5. The van der Waals surface area contributed by atoms with E-state index in [4.69, 9.17) is 0 Å². The first-order chi connectivity index (χ1) is 14.2. The molecule has 0 radical (unpaired) electrons. The lowest BCUT2D eigenvalue weighted by molar-refractivity contribution is -0.120. The second-order valence-electron chi connectivity index (χ2n) is 7.80. The average molecular weight is 458 g/mol. The minimum atomic E-state index is -0.560. The van der Waals surface area contributed by atoms with E-state index in [0.717, 1.165) is 5.56 Å². The third kappa shape index (κ3) is 4.14. The van der Waals surface area contributed by atoms with Crippen molar-refractivity contribution in [1.29, 1.82) is 0 Å². The van der Waals surface area contributed by atoms with Crippen LogP contribution in [-0.2, 0) is 11.3 Å². The molecule has 6 nitrogen and oxygen atoms in total. The van der Waals surface area contributed by atoms with E-state index in [-0.39, 0.29) is 23.4 Å². The number of thiazole rings is 2. The Labute approximate surface area is 183 Å². The molecule has 0 saturated heterocycles. The Morgan fingerprint density at radius 2 is 2.03 bits per heavy atom. The largest absolute Gasteiger partial charge is 0.294 e. The molecule has 9 heteroatoms. The van der Waals surface area contributed by atoms with Gasteiger partial charge in [-0.25, -0.2) is 4.98 Å². The van der Waals surface area contributed by atoms with Gasteiger partial charge in [-0.1, -0.05) is 20.8 Å². The lowest BCUT2D eigenvalue weighted by Gasteiger charge is -2.12. The predicted octanol–water partition coefficient (Wildman–Crippen LogP) is 2.31. The zero-order valence-corrected chi connectivity index (χ0v) is 19.1. The Hall–Kier alpha value is -2.62. The first-order valence-electron chi connectivity index (χ1n) is 9.18. The second kappa shape index (κ2) is 7.90. The number of carbonyl (C=O) groups is 1. The molecular formula is C21H19N3O3S3. The fourth-order valence-corrected chi connectivity index (χ4v) is 5.16. The van der Waals surface area contributed by atoms with Gasteiger partial charge >= 0.3 is 0 Å². The van der Waals surface area contributed by atoms with Crippen LogP contribution in [-0.4, -0.2) is 19.7 Å². The zero-order valence-electron chi connectivity index (χ0n) is 16.6. The van der Waals surface area contributed by atoms with Crippen molar-refractivity contribution in [3.05, 3.63) is 75.6 Å². The third-order valence-electron chi connectivity index (χ3n) is 4.45. The predicted molar refractivity (Wildman–Crippen MR) is 123 cm³/mol. The Morgan fingerprint density at radius 1 is 1.23 bits per heavy atom. The summed E-state index contributed by atoms with van der Waals surface area (Å²) in [5.41, 5.74) is 0.473. The van der Waals surface area contributed by atoms with Crippen LogP contribution in [0, 0.1) is 5.41 Å². The van der Waals surface area contributed by atoms with Crippen molar-refractivity contribution in [2.45, 2.75) is 27.3 Å². The molecule has 0 amide bonds. The summed E-state index contributed by atoms with van der Waals surface area (Å²) in [5.74, 6) is -0.0682. The number of hydrogen-bond acceptors (Lipinski definition) is 7. The van der Waals surface area contributed by atoms with Crippen molar-refractivity contribution < 1.29 is 4.79 Å². The standard InChI is InChI=1S/C21H19N3O3S3/c1-21(2,3)16(25)10-18-24(19(27)15(30-18)8-13-4-6-28-12-13)11-14-9-17(26)23-5-7-29-20(23)22-14/h4-10,12H,11H2,1-3H3/b15-8-,18-10-. The monoisotopic (exact) mass is 457 g/mol. The number of hydrogen-bond donors (Lipinski definition) is 0. The summed E-state index contributed by atoms with van der Waals surface area (Å²) in [7, 11) is 0. The maximum Gasteiger partial charge on any atom is 0.269 e. The quantitative estimate of drug-likeness (QED) is 0.471. The smallest absolute Gasteiger partial charge is 0.269 e. The van der Waals surface area contributed by atoms with Crippen LogP contribution in [0.2, 0.25) is 0 Å². The lowest BCUT2D eigenvalue weighted by Crippen LogP contribution is -2.33. The Morgan fingerprint density at radius 3 is 2.73 bits per heavy atom. The Kier molecular flexibility index (Phi) is 5.44. The summed E-state index contributed by atoms with van der Waals surface area (Å²) < 4.78 is 4.08. The van der Waals surface area contributed by atoms with Gasteiger partial charge in [-0.05, 0) is 28.5 Å². The van der Waals surface area contributed by atoms with Gasteiger partial charge in [0.05, 0.1) is 16.8 Å². The van der Waals surface area contributed by atoms with E-state index < -0.39 is 5.41 Å². The highest BCUT2D eigenvalue weighted by Crippen LogP contribution is 2.15. The maximum atomic E-state index is 13.2. The number of ketones is 1. The number of thiophene rings is 1. The van der Waals surface area contributed by atoms with Gasteiger partial charge in [-0.15, -0.1) is 22.7 Å². The highest BCUT2D eigenvalue weighted by Gasteiger charge is 2.20. The maximum absolute atomic E-state index is 13.2. The van der Waals surface area contributed by atoms with Crippen molar-refractivity contribution in [3.63, 3.8) is 0 Å². The first-order valence-corrected chi connectivity index (χ1v) is 11.8. The van der Waals surface area contributed by atoms with Gasteiger partial charge in [0.25, 0.3) is 11.1 Å². The molecule has 4 aromatic heterocycles. The molecule has 0 N–H and O–H groups in total. The first kappa shape index (κ1) is 20.6. The van der Waals surface area contributed by atoms with Gasteiger partial charge in [0.1, 0.15) is 4.66 Å². The van der Waals surface area contributed by atoms with Crippen LogP contribution in [0.3, 0.4) is 0 Å². The van der Waals surface area contributed by atoms with Crippen LogP contribution >= 0.6 is 34.0 Å². The number of Topliss-reactive ketones (excluding diaryl/α,β-unsaturated/α-hetero) is 1. The molecule has 0 atom stereocenters. The third-order valence-corrected chi connectivity index (χ3v) is 6.97. The van der Waals surface area contributed by atoms with Crippen LogP contribution in [0.5, 0.6) is 0 Å². The van der Waals surface area contributed by atoms with E-state index in [2.05, 4.69) is 4.98 Å². The fourth-order valence-electron chi connectivity index (χ4n) is 2.76. The van der Waals surface area contributed by atoms with E-state index in [0.29, 0.717) is 19.8 Å². The van der Waals surface area contributed by atoms with Crippen LogP contribution < -0.4 is 20.3 Å². The summed E-state index contributed by atoms with van der Waals surface area (Å²) in [6.45, 7) is 5.65. The molecule has 0 spiro atoms. The van der Waals surface area contributed by atoms with E-state index >= 15 is 0 Å². The number of rotatable bonds is 4. The van der Waals surface area contributed by atoms with Gasteiger partial charge in [-0.2, -0.15) is 11.3 Å². The van der Waals surface area contributed by atoms with Crippen molar-refractivity contribution in [1.82, 2.24) is 14.0 Å². The van der Waals surface area contributed by atoms with Crippen LogP contribution in [0.1, 0.15) is 32.0 Å². The summed E-state index contributed by atoms with van der Waals surface area (Å²) in [6, 6.07) is 3.37. The molecule has 4 rings (SSSR count). The molecule has 0 aliphatic heterocycles. The molecule has 4 aromatic rings. The summed E-state index contributed by atoms with van der Waals surface area (Å²) in [5, 5.41) is 5.70. The number of aromatic nitrogens is 3. The highest BCUT2D eigenvalue weighted by atomic mass is 32.1. The Balaban J connectivity index is 1.89. The summed E-state index contributed by atoms with van der Waals surface area (Å²) >= 11 is 4.18. The molecule has 154 valence electrons. The van der Waals surface area contributed by atoms with Crippen LogP contribution in [0.15, 0.2) is 44.1 Å². The number of carbonyl (C=O) groups excluding carboxylic acids is 1. The van der Waals surface area contributed by atoms with E-state index in [9.17, 15) is 14.4 Å². The van der Waals surface area contributed by atoms with Crippen molar-refractivity contribution in [2.75, 3.05) is 0 Å². The SMILES string of the molecule is CC(C)(C)C(=O)/C=c1\s/c(=C\c2ccsc2)c(=O)n1Cc1cc(=O)n2ccsc2n1. The van der Waals surface area contributed by atoms with Gasteiger partial charge in [0.2, 0.25) is 0 Å². The average Bonchev–Trinajstić information content (AvgIpc) is 3.39. The van der Waals surface area contributed by atoms with Crippen molar-refractivity contribution in [2.24, 2.45) is 5.41 Å². The van der Waals surface area contributed by atoms with Gasteiger partial charge < -0.3 is 0 Å². The molecule has 0 fully saturated rings. The fraction of sp³-hybridized carbons (Fsp3) is 0.238. The molecule has 0 bridgehead atoms. The van der Waals surface area contributed by atoms with Crippen LogP contribution in [0.25, 0.3) is 17.1 Å². The normalized spacial score (nSPS) is 13.4. The summed E-state index contributed by atoms with van der Waals surface area (Å²) in [6.07, 6.45) is 5.02. The van der Waals surface area contributed by atoms with Gasteiger partial charge in [-0.3, -0.25) is 23.4 Å². The molecule has 30 heavy (non-hydrogen) atoms. The molecule has 0 aromatic carbocycles. The van der Waals surface area contributed by atoms with E-state index in [1.54, 1.807) is 22.9 Å². The van der Waals surface area contributed by atoms with Crippen LogP contribution in [0.4, 0.5) is 0 Å². The molecule has 0 aliphatic carbocycles. The van der Waals surface area contributed by atoms with Gasteiger partial charge in [0, 0.05) is 29.1 Å². The van der Waals surface area contributed by atoms with Crippen molar-refractivity contribution in [3.8, 4) is 0 Å². The van der Waals surface area contributed by atoms with E-state index in [1.165, 1.54) is 43.8 Å². The topological polar surface area (TPSA) is 73.4 Å². The summed E-state index contributed by atoms with van der Waals surface area (Å²) in [4.78, 5) is 43.2. The molecule has 0 aliphatic rings. The Bertz CT molecular complexity index is 1460. The number of fused-ring (bicyclic) bond motifs is 1. The molecule has 0 unspecified atom stereocenters. The molecule has 4 heterocycles. The zero-order chi connectivity index (χ0) is 21.5. The molecular weight excluding hydrogens is 438 g/mol.